The van der Waals surface area contributed by atoms with Gasteiger partial charge in [0, 0.05) is 38.3 Å². The second kappa shape index (κ2) is 8.36. The molecular weight excluding hydrogens is 436 g/mol. The molecule has 0 fully saturated rings. The Morgan fingerprint density at radius 1 is 1.16 bits per heavy atom. The summed E-state index contributed by atoms with van der Waals surface area (Å²) < 4.78 is 30.0. The van der Waals surface area contributed by atoms with Gasteiger partial charge in [0.15, 0.2) is 5.03 Å². The van der Waals surface area contributed by atoms with Gasteiger partial charge in [-0.3, -0.25) is 9.10 Å². The summed E-state index contributed by atoms with van der Waals surface area (Å²) in [5.74, 6) is 0.0387. The van der Waals surface area contributed by atoms with Crippen LogP contribution in [0.25, 0.3) is 0 Å². The molecule has 0 N–H and O–H groups in total. The predicted octanol–water partition coefficient (Wildman–Crippen LogP) is 3.37. The summed E-state index contributed by atoms with van der Waals surface area (Å²) in [6, 6.07) is 12.7. The van der Waals surface area contributed by atoms with Crippen LogP contribution in [-0.2, 0) is 41.4 Å². The highest BCUT2D eigenvalue weighted by Crippen LogP contribution is 2.30. The Hall–Kier alpha value is -2.84. The van der Waals surface area contributed by atoms with Gasteiger partial charge >= 0.3 is 0 Å². The minimum Gasteiger partial charge on any atom is -0.339 e. The molecule has 9 heteroatoms. The van der Waals surface area contributed by atoms with Crippen LogP contribution < -0.4 is 4.31 Å². The zero-order valence-electron chi connectivity index (χ0n) is 17.3. The number of amides is 1. The zero-order valence-corrected chi connectivity index (χ0v) is 18.9. The van der Waals surface area contributed by atoms with E-state index in [4.69, 9.17) is 11.6 Å². The SMILES string of the molecule is CC(=O)N1CCc2cc(N(Cc3ccc(Cl)cc3)S(=O)(=O)c3cn(C)cn3)ccc2C1. The molecule has 0 atom stereocenters. The number of halogens is 1. The zero-order chi connectivity index (χ0) is 22.2. The third-order valence-corrected chi connectivity index (χ3v) is 7.32. The Morgan fingerprint density at radius 3 is 2.55 bits per heavy atom. The van der Waals surface area contributed by atoms with Crippen LogP contribution in [0, 0.1) is 0 Å². The fourth-order valence-corrected chi connectivity index (χ4v) is 5.21. The fraction of sp³-hybridized carbons (Fsp3) is 0.273. The Labute approximate surface area is 186 Å². The van der Waals surface area contributed by atoms with Crippen LogP contribution in [0.4, 0.5) is 5.69 Å². The molecule has 0 radical (unpaired) electrons. The monoisotopic (exact) mass is 458 g/mol. The molecule has 31 heavy (non-hydrogen) atoms. The Kier molecular flexibility index (Phi) is 5.77. The van der Waals surface area contributed by atoms with Gasteiger partial charge in [0.2, 0.25) is 5.91 Å². The van der Waals surface area contributed by atoms with Crippen LogP contribution in [0.1, 0.15) is 23.6 Å². The Morgan fingerprint density at radius 2 is 1.90 bits per heavy atom. The number of carbonyl (C=O) groups excluding carboxylic acids is 1. The molecule has 0 bridgehead atoms. The molecule has 1 amide bonds. The summed E-state index contributed by atoms with van der Waals surface area (Å²) in [6.45, 7) is 2.87. The molecular formula is C22H23ClN4O3S. The highest BCUT2D eigenvalue weighted by molar-refractivity contribution is 7.92. The molecule has 0 unspecified atom stereocenters. The number of aryl methyl sites for hydroxylation is 1. The largest absolute Gasteiger partial charge is 0.339 e. The third-order valence-electron chi connectivity index (χ3n) is 5.41. The van der Waals surface area contributed by atoms with Crippen molar-refractivity contribution in [2.75, 3.05) is 10.8 Å². The molecule has 1 aliphatic heterocycles. The lowest BCUT2D eigenvalue weighted by Gasteiger charge is -2.30. The number of carbonyl (C=O) groups is 1. The lowest BCUT2D eigenvalue weighted by molar-refractivity contribution is -0.129. The van der Waals surface area contributed by atoms with Gasteiger partial charge in [0.25, 0.3) is 10.0 Å². The topological polar surface area (TPSA) is 75.5 Å². The second-order valence-electron chi connectivity index (χ2n) is 7.66. The molecule has 1 aromatic heterocycles. The number of rotatable bonds is 5. The van der Waals surface area contributed by atoms with Crippen LogP contribution in [0.5, 0.6) is 0 Å². The Balaban J connectivity index is 1.74. The summed E-state index contributed by atoms with van der Waals surface area (Å²) in [5, 5.41) is 0.580. The lowest BCUT2D eigenvalue weighted by atomic mass is 9.99. The van der Waals surface area contributed by atoms with Gasteiger partial charge < -0.3 is 9.47 Å². The average Bonchev–Trinajstić information content (AvgIpc) is 3.19. The van der Waals surface area contributed by atoms with Crippen LogP contribution in [0.2, 0.25) is 5.02 Å². The van der Waals surface area contributed by atoms with Gasteiger partial charge in [-0.1, -0.05) is 29.8 Å². The number of anilines is 1. The standard InChI is InChI=1S/C22H23ClN4O3S/c1-16(28)26-10-9-18-11-21(8-5-19(18)13-26)27(12-17-3-6-20(23)7-4-17)31(29,30)22-14-25(2)15-24-22/h3-8,11,14-15H,9-10,12-13H2,1-2H3. The van der Waals surface area contributed by atoms with E-state index in [2.05, 4.69) is 4.98 Å². The number of imidazole rings is 1. The predicted molar refractivity (Wildman–Crippen MR) is 119 cm³/mol. The van der Waals surface area contributed by atoms with Crippen molar-refractivity contribution in [1.82, 2.24) is 14.5 Å². The van der Waals surface area contributed by atoms with Crippen LogP contribution in [0.15, 0.2) is 60.0 Å². The molecule has 0 spiro atoms. The van der Waals surface area contributed by atoms with Crippen molar-refractivity contribution in [2.45, 2.75) is 31.5 Å². The molecule has 2 heterocycles. The van der Waals surface area contributed by atoms with E-state index in [0.717, 1.165) is 16.7 Å². The smallest absolute Gasteiger partial charge is 0.283 e. The maximum Gasteiger partial charge on any atom is 0.283 e. The first-order valence-electron chi connectivity index (χ1n) is 9.86. The first-order valence-corrected chi connectivity index (χ1v) is 11.7. The fourth-order valence-electron chi connectivity index (χ4n) is 3.67. The van der Waals surface area contributed by atoms with E-state index in [1.807, 2.05) is 24.3 Å². The van der Waals surface area contributed by atoms with Crippen LogP contribution in [0.3, 0.4) is 0 Å². The van der Waals surface area contributed by atoms with E-state index < -0.39 is 10.0 Å². The summed E-state index contributed by atoms with van der Waals surface area (Å²) in [6.07, 6.45) is 3.64. The lowest BCUT2D eigenvalue weighted by Crippen LogP contribution is -2.35. The maximum atomic E-state index is 13.5. The quantitative estimate of drug-likeness (QED) is 0.587. The normalized spacial score (nSPS) is 13.7. The van der Waals surface area contributed by atoms with Crippen molar-refractivity contribution in [2.24, 2.45) is 7.05 Å². The third kappa shape index (κ3) is 4.45. The van der Waals surface area contributed by atoms with E-state index >= 15 is 0 Å². The first-order chi connectivity index (χ1) is 14.7. The van der Waals surface area contributed by atoms with E-state index in [1.54, 1.807) is 41.6 Å². The van der Waals surface area contributed by atoms with Gasteiger partial charge in [0.05, 0.1) is 18.6 Å². The van der Waals surface area contributed by atoms with Crippen LogP contribution in [-0.4, -0.2) is 35.3 Å². The second-order valence-corrected chi connectivity index (χ2v) is 9.90. The van der Waals surface area contributed by atoms with Gasteiger partial charge in [-0.25, -0.2) is 4.98 Å². The number of benzene rings is 2. The number of nitrogens with zero attached hydrogens (tertiary/aromatic N) is 4. The van der Waals surface area contributed by atoms with E-state index in [9.17, 15) is 13.2 Å². The van der Waals surface area contributed by atoms with E-state index in [1.165, 1.54) is 16.8 Å². The number of hydrogen-bond acceptors (Lipinski definition) is 4. The first kappa shape index (κ1) is 21.4. The van der Waals surface area contributed by atoms with Gasteiger partial charge in [-0.05, 0) is 47.4 Å². The maximum absolute atomic E-state index is 13.5. The molecule has 1 aliphatic rings. The summed E-state index contributed by atoms with van der Waals surface area (Å²) in [5.41, 5.74) is 3.46. The molecule has 0 saturated carbocycles. The number of hydrogen-bond donors (Lipinski definition) is 0. The van der Waals surface area contributed by atoms with E-state index in [0.29, 0.717) is 30.2 Å². The van der Waals surface area contributed by atoms with Crippen molar-refractivity contribution in [1.29, 1.82) is 0 Å². The highest BCUT2D eigenvalue weighted by Gasteiger charge is 2.29. The van der Waals surface area contributed by atoms with Gasteiger partial charge in [-0.2, -0.15) is 8.42 Å². The summed E-state index contributed by atoms with van der Waals surface area (Å²) in [7, 11) is -2.16. The number of fused-ring (bicyclic) bond motifs is 1. The van der Waals surface area contributed by atoms with Crippen molar-refractivity contribution in [3.05, 3.63) is 76.7 Å². The minimum absolute atomic E-state index is 0.00978. The molecule has 162 valence electrons. The van der Waals surface area contributed by atoms with E-state index in [-0.39, 0.29) is 17.5 Å². The average molecular weight is 459 g/mol. The number of sulfonamides is 1. The van der Waals surface area contributed by atoms with Crippen molar-refractivity contribution in [3.8, 4) is 0 Å². The molecule has 0 saturated heterocycles. The molecule has 7 nitrogen and oxygen atoms in total. The van der Waals surface area contributed by atoms with Crippen molar-refractivity contribution in [3.63, 3.8) is 0 Å². The summed E-state index contributed by atoms with van der Waals surface area (Å²) >= 11 is 5.99. The van der Waals surface area contributed by atoms with Gasteiger partial charge in [0.1, 0.15) is 0 Å². The summed E-state index contributed by atoms with van der Waals surface area (Å²) in [4.78, 5) is 17.6. The number of aromatic nitrogens is 2. The molecule has 2 aromatic carbocycles. The molecule has 4 rings (SSSR count). The van der Waals surface area contributed by atoms with Crippen molar-refractivity contribution < 1.29 is 13.2 Å². The van der Waals surface area contributed by atoms with Crippen molar-refractivity contribution >= 4 is 33.2 Å². The van der Waals surface area contributed by atoms with Gasteiger partial charge in [-0.15, -0.1) is 0 Å². The van der Waals surface area contributed by atoms with Crippen LogP contribution >= 0.6 is 11.6 Å². The Bertz CT molecular complexity index is 1220. The minimum atomic E-state index is -3.89. The molecule has 0 aliphatic carbocycles. The molecule has 3 aromatic rings. The highest BCUT2D eigenvalue weighted by atomic mass is 35.5.